The Hall–Kier alpha value is -2.29. The Labute approximate surface area is 159 Å². The minimum Gasteiger partial charge on any atom is -0.497 e. The summed E-state index contributed by atoms with van der Waals surface area (Å²) in [5.41, 5.74) is 0.885. The number of hydrogen-bond donors (Lipinski definition) is 0. The smallest absolute Gasteiger partial charge is 0.416 e. The number of halogens is 1. The number of ether oxygens (including phenoxy) is 3. The summed E-state index contributed by atoms with van der Waals surface area (Å²) in [5, 5.41) is 0. The van der Waals surface area contributed by atoms with Crippen molar-refractivity contribution in [2.75, 3.05) is 20.8 Å². The number of rotatable bonds is 6. The predicted octanol–water partition coefficient (Wildman–Crippen LogP) is 3.47. The lowest BCUT2D eigenvalue weighted by Crippen LogP contribution is -2.37. The fourth-order valence-corrected chi connectivity index (χ4v) is 2.38. The van der Waals surface area contributed by atoms with E-state index in [2.05, 4.69) is 27.3 Å². The Balaban J connectivity index is 2.10. The molecule has 7 heteroatoms. The minimum atomic E-state index is -0.630. The number of amides is 1. The molecule has 2 aromatic carbocycles. The molecule has 0 heterocycles. The van der Waals surface area contributed by atoms with Gasteiger partial charge in [0.1, 0.15) is 18.0 Å². The Morgan fingerprint density at radius 2 is 1.56 bits per heavy atom. The van der Waals surface area contributed by atoms with Gasteiger partial charge in [0.2, 0.25) is 0 Å². The van der Waals surface area contributed by atoms with Gasteiger partial charge in [-0.15, -0.1) is 0 Å². The van der Waals surface area contributed by atoms with Crippen LogP contribution in [0.25, 0.3) is 0 Å². The molecule has 0 spiro atoms. The first-order valence-electron chi connectivity index (χ1n) is 7.44. The molecule has 0 aliphatic rings. The van der Waals surface area contributed by atoms with Gasteiger partial charge in [0.05, 0.1) is 14.2 Å². The lowest BCUT2D eigenvalue weighted by molar-refractivity contribution is -0.141. The zero-order valence-electron chi connectivity index (χ0n) is 13.9. The van der Waals surface area contributed by atoms with Crippen LogP contribution >= 0.6 is 22.6 Å². The number of nitrogens with zero attached hydrogens (tertiary/aromatic N) is 1. The van der Waals surface area contributed by atoms with E-state index in [-0.39, 0.29) is 13.1 Å². The monoisotopic (exact) mass is 455 g/mol. The third-order valence-electron chi connectivity index (χ3n) is 3.36. The van der Waals surface area contributed by atoms with Crippen molar-refractivity contribution in [3.05, 3.63) is 57.7 Å². The summed E-state index contributed by atoms with van der Waals surface area (Å²) in [6.07, 6.45) is -0.630. The average Bonchev–Trinajstić information content (AvgIpc) is 2.63. The molecule has 1 amide bonds. The Kier molecular flexibility index (Phi) is 7.05. The molecule has 25 heavy (non-hydrogen) atoms. The zero-order valence-corrected chi connectivity index (χ0v) is 16.1. The van der Waals surface area contributed by atoms with Gasteiger partial charge in [-0.3, -0.25) is 9.69 Å². The number of carbonyl (C=O) groups excluding carboxylic acids is 2. The molecule has 0 aromatic heterocycles. The van der Waals surface area contributed by atoms with Crippen LogP contribution in [0.5, 0.6) is 11.5 Å². The second-order valence-corrected chi connectivity index (χ2v) is 6.35. The van der Waals surface area contributed by atoms with Crippen molar-refractivity contribution >= 4 is 34.7 Å². The number of esters is 1. The van der Waals surface area contributed by atoms with Crippen molar-refractivity contribution in [2.24, 2.45) is 0 Å². The zero-order chi connectivity index (χ0) is 18.2. The van der Waals surface area contributed by atoms with Crippen LogP contribution in [0.4, 0.5) is 4.79 Å². The summed E-state index contributed by atoms with van der Waals surface area (Å²) in [5.74, 6) is 0.505. The molecule has 132 valence electrons. The van der Waals surface area contributed by atoms with Gasteiger partial charge in [-0.05, 0) is 64.6 Å². The fraction of sp³-hybridized carbons (Fsp3) is 0.222. The van der Waals surface area contributed by atoms with Crippen LogP contribution in [0, 0.1) is 3.57 Å². The van der Waals surface area contributed by atoms with Crippen LogP contribution in [0.2, 0.25) is 0 Å². The molecule has 2 rings (SSSR count). The molecule has 0 atom stereocenters. The lowest BCUT2D eigenvalue weighted by Gasteiger charge is -2.21. The lowest BCUT2D eigenvalue weighted by atomic mass is 10.2. The standard InChI is InChI=1S/C18H18INO5/c1-23-15-7-9-16(10-8-15)25-18(22)20(12-17(21)24-2)11-13-3-5-14(19)6-4-13/h3-10H,11-12H2,1-2H3. The molecule has 0 saturated carbocycles. The second-order valence-electron chi connectivity index (χ2n) is 5.10. The minimum absolute atomic E-state index is 0.197. The van der Waals surface area contributed by atoms with Gasteiger partial charge in [-0.2, -0.15) is 0 Å². The van der Waals surface area contributed by atoms with Crippen molar-refractivity contribution < 1.29 is 23.8 Å². The maximum Gasteiger partial charge on any atom is 0.416 e. The van der Waals surface area contributed by atoms with E-state index in [0.29, 0.717) is 11.5 Å². The van der Waals surface area contributed by atoms with Gasteiger partial charge in [0.15, 0.2) is 0 Å². The summed E-state index contributed by atoms with van der Waals surface area (Å²) in [6.45, 7) is 0.0402. The molecule has 0 saturated heterocycles. The molecule has 0 N–H and O–H groups in total. The van der Waals surface area contributed by atoms with Gasteiger partial charge < -0.3 is 14.2 Å². The maximum atomic E-state index is 12.5. The van der Waals surface area contributed by atoms with E-state index >= 15 is 0 Å². The van der Waals surface area contributed by atoms with Gasteiger partial charge in [-0.1, -0.05) is 12.1 Å². The van der Waals surface area contributed by atoms with Crippen molar-refractivity contribution in [1.29, 1.82) is 0 Å². The summed E-state index contributed by atoms with van der Waals surface area (Å²) in [4.78, 5) is 25.4. The molecule has 0 radical (unpaired) electrons. The number of hydrogen-bond acceptors (Lipinski definition) is 5. The second kappa shape index (κ2) is 9.26. The summed E-state index contributed by atoms with van der Waals surface area (Å²) in [6, 6.07) is 14.3. The highest BCUT2D eigenvalue weighted by atomic mass is 127. The Bertz CT molecular complexity index is 715. The van der Waals surface area contributed by atoms with Crippen LogP contribution in [0.15, 0.2) is 48.5 Å². The van der Waals surface area contributed by atoms with Crippen LogP contribution < -0.4 is 9.47 Å². The Morgan fingerprint density at radius 1 is 0.960 bits per heavy atom. The molecule has 0 aliphatic heterocycles. The topological polar surface area (TPSA) is 65.1 Å². The first-order valence-corrected chi connectivity index (χ1v) is 8.51. The molecule has 2 aromatic rings. The van der Waals surface area contributed by atoms with Crippen LogP contribution in [-0.2, 0) is 16.1 Å². The maximum absolute atomic E-state index is 12.5. The van der Waals surface area contributed by atoms with E-state index in [1.54, 1.807) is 31.4 Å². The molecular weight excluding hydrogens is 437 g/mol. The number of methoxy groups -OCH3 is 2. The van der Waals surface area contributed by atoms with E-state index in [1.807, 2.05) is 24.3 Å². The third-order valence-corrected chi connectivity index (χ3v) is 4.08. The van der Waals surface area contributed by atoms with E-state index in [0.717, 1.165) is 9.13 Å². The quantitative estimate of drug-likeness (QED) is 0.493. The van der Waals surface area contributed by atoms with Gasteiger partial charge >= 0.3 is 12.1 Å². The van der Waals surface area contributed by atoms with E-state index in [4.69, 9.17) is 9.47 Å². The number of benzene rings is 2. The van der Waals surface area contributed by atoms with E-state index in [1.165, 1.54) is 12.0 Å². The van der Waals surface area contributed by atoms with Gasteiger partial charge in [0.25, 0.3) is 0 Å². The summed E-state index contributed by atoms with van der Waals surface area (Å²) < 4.78 is 16.2. The van der Waals surface area contributed by atoms with Crippen LogP contribution in [0.3, 0.4) is 0 Å². The number of carbonyl (C=O) groups is 2. The van der Waals surface area contributed by atoms with Gasteiger partial charge in [-0.25, -0.2) is 4.79 Å². The Morgan fingerprint density at radius 3 is 2.12 bits per heavy atom. The highest BCUT2D eigenvalue weighted by Crippen LogP contribution is 2.18. The average molecular weight is 455 g/mol. The first-order chi connectivity index (χ1) is 12.0. The molecular formula is C18H18INO5. The molecule has 0 fully saturated rings. The van der Waals surface area contributed by atoms with Gasteiger partial charge in [0, 0.05) is 10.1 Å². The molecule has 0 unspecified atom stereocenters. The van der Waals surface area contributed by atoms with Crippen LogP contribution in [0.1, 0.15) is 5.56 Å². The third kappa shape index (κ3) is 5.93. The summed E-state index contributed by atoms with van der Waals surface area (Å²) in [7, 11) is 2.83. The highest BCUT2D eigenvalue weighted by molar-refractivity contribution is 14.1. The largest absolute Gasteiger partial charge is 0.497 e. The van der Waals surface area contributed by atoms with E-state index in [9.17, 15) is 9.59 Å². The fourth-order valence-electron chi connectivity index (χ4n) is 2.02. The van der Waals surface area contributed by atoms with Crippen molar-refractivity contribution in [2.45, 2.75) is 6.54 Å². The first kappa shape index (κ1) is 19.0. The van der Waals surface area contributed by atoms with Crippen LogP contribution in [-0.4, -0.2) is 37.7 Å². The van der Waals surface area contributed by atoms with Crippen molar-refractivity contribution in [3.8, 4) is 11.5 Å². The highest BCUT2D eigenvalue weighted by Gasteiger charge is 2.20. The summed E-state index contributed by atoms with van der Waals surface area (Å²) >= 11 is 2.20. The molecule has 0 bridgehead atoms. The molecule has 0 aliphatic carbocycles. The van der Waals surface area contributed by atoms with Crippen molar-refractivity contribution in [1.82, 2.24) is 4.90 Å². The van der Waals surface area contributed by atoms with Crippen molar-refractivity contribution in [3.63, 3.8) is 0 Å². The van der Waals surface area contributed by atoms with E-state index < -0.39 is 12.1 Å². The molecule has 6 nitrogen and oxygen atoms in total. The predicted molar refractivity (Wildman–Crippen MR) is 101 cm³/mol. The normalized spacial score (nSPS) is 10.0. The SMILES string of the molecule is COC(=O)CN(Cc1ccc(I)cc1)C(=O)Oc1ccc(OC)cc1.